The van der Waals surface area contributed by atoms with Gasteiger partial charge < -0.3 is 10.2 Å². The second-order valence-electron chi connectivity index (χ2n) is 4.87. The molecule has 1 N–H and O–H groups in total. The van der Waals surface area contributed by atoms with Crippen molar-refractivity contribution in [1.29, 1.82) is 0 Å². The van der Waals surface area contributed by atoms with Crippen LogP contribution in [0.5, 0.6) is 0 Å². The van der Waals surface area contributed by atoms with Crippen LogP contribution in [0.15, 0.2) is 18.2 Å². The minimum atomic E-state index is -0.308. The maximum absolute atomic E-state index is 11.3. The first-order valence-corrected chi connectivity index (χ1v) is 6.24. The zero-order valence-corrected chi connectivity index (χ0v) is 11.0. The molecule has 0 saturated heterocycles. The highest BCUT2D eigenvalue weighted by atomic mass is 16.6. The van der Waals surface area contributed by atoms with E-state index in [0.717, 1.165) is 0 Å². The van der Waals surface area contributed by atoms with Gasteiger partial charge in [-0.2, -0.15) is 0 Å². The predicted molar refractivity (Wildman–Crippen MR) is 73.2 cm³/mol. The Morgan fingerprint density at radius 3 is 2.67 bits per heavy atom. The molecule has 1 aliphatic rings. The summed E-state index contributed by atoms with van der Waals surface area (Å²) >= 11 is 0. The molecule has 1 aromatic carbocycles. The molecule has 1 unspecified atom stereocenters. The number of anilines is 2. The Hall–Kier alpha value is -1.78. The van der Waals surface area contributed by atoms with Gasteiger partial charge in [0.05, 0.1) is 4.92 Å². The Kier molecular flexibility index (Phi) is 3.41. The first-order valence-electron chi connectivity index (χ1n) is 6.24. The summed E-state index contributed by atoms with van der Waals surface area (Å²) in [5.41, 5.74) is 1.41. The highest BCUT2D eigenvalue weighted by Gasteiger charge is 2.33. The summed E-state index contributed by atoms with van der Waals surface area (Å²) < 4.78 is 0. The van der Waals surface area contributed by atoms with Crippen molar-refractivity contribution >= 4 is 17.1 Å². The zero-order chi connectivity index (χ0) is 13.3. The molecule has 1 saturated carbocycles. The van der Waals surface area contributed by atoms with E-state index in [1.807, 2.05) is 24.1 Å². The van der Waals surface area contributed by atoms with Crippen LogP contribution in [0.3, 0.4) is 0 Å². The number of para-hydroxylation sites is 1. The van der Waals surface area contributed by atoms with Gasteiger partial charge in [-0.1, -0.05) is 6.07 Å². The van der Waals surface area contributed by atoms with Gasteiger partial charge in [-0.15, -0.1) is 0 Å². The maximum atomic E-state index is 11.3. The molecule has 0 aromatic heterocycles. The van der Waals surface area contributed by atoms with Gasteiger partial charge in [0.15, 0.2) is 0 Å². The van der Waals surface area contributed by atoms with Crippen molar-refractivity contribution < 1.29 is 4.92 Å². The predicted octanol–water partition coefficient (Wildman–Crippen LogP) is 2.87. The fourth-order valence-corrected chi connectivity index (χ4v) is 2.32. The summed E-state index contributed by atoms with van der Waals surface area (Å²) in [6.45, 7) is 2.13. The minimum Gasteiger partial charge on any atom is -0.382 e. The van der Waals surface area contributed by atoms with Crippen molar-refractivity contribution in [2.75, 3.05) is 24.3 Å². The van der Waals surface area contributed by atoms with Gasteiger partial charge in [0.25, 0.3) is 0 Å². The molecule has 2 rings (SSSR count). The van der Waals surface area contributed by atoms with Crippen molar-refractivity contribution in [3.8, 4) is 0 Å². The first-order chi connectivity index (χ1) is 8.56. The van der Waals surface area contributed by atoms with Crippen LogP contribution in [-0.2, 0) is 0 Å². The van der Waals surface area contributed by atoms with E-state index in [2.05, 4.69) is 12.2 Å². The number of nitrogens with one attached hydrogen (secondary N) is 1. The number of benzene rings is 1. The molecular weight excluding hydrogens is 230 g/mol. The molecular formula is C13H19N3O2. The van der Waals surface area contributed by atoms with Crippen LogP contribution < -0.4 is 10.2 Å². The SMILES string of the molecule is CNc1cccc(N(C)C(C)C2CC2)c1[N+](=O)[O-]. The minimum absolute atomic E-state index is 0.162. The molecule has 98 valence electrons. The Morgan fingerprint density at radius 2 is 2.17 bits per heavy atom. The van der Waals surface area contributed by atoms with E-state index in [-0.39, 0.29) is 10.6 Å². The van der Waals surface area contributed by atoms with Crippen molar-refractivity contribution in [3.63, 3.8) is 0 Å². The Labute approximate surface area is 107 Å². The highest BCUT2D eigenvalue weighted by molar-refractivity contribution is 5.77. The van der Waals surface area contributed by atoms with Gasteiger partial charge in [-0.3, -0.25) is 10.1 Å². The number of hydrogen-bond donors (Lipinski definition) is 1. The molecule has 1 atom stereocenters. The standard InChI is InChI=1S/C13H19N3O2/c1-9(10-7-8-10)15(3)12-6-4-5-11(14-2)13(12)16(17)18/h4-6,9-10,14H,7-8H2,1-3H3. The lowest BCUT2D eigenvalue weighted by Crippen LogP contribution is -2.31. The average molecular weight is 249 g/mol. The molecule has 0 spiro atoms. The van der Waals surface area contributed by atoms with E-state index in [1.54, 1.807) is 13.1 Å². The first kappa shape index (κ1) is 12.7. The summed E-state index contributed by atoms with van der Waals surface area (Å²) in [6, 6.07) is 5.75. The van der Waals surface area contributed by atoms with Crippen molar-refractivity contribution in [2.24, 2.45) is 5.92 Å². The second kappa shape index (κ2) is 4.84. The van der Waals surface area contributed by atoms with Crippen molar-refractivity contribution in [3.05, 3.63) is 28.3 Å². The van der Waals surface area contributed by atoms with Gasteiger partial charge in [-0.25, -0.2) is 0 Å². The quantitative estimate of drug-likeness (QED) is 0.644. The summed E-state index contributed by atoms with van der Waals surface area (Å²) in [4.78, 5) is 13.0. The summed E-state index contributed by atoms with van der Waals surface area (Å²) in [6.07, 6.45) is 2.45. The van der Waals surface area contributed by atoms with Crippen molar-refractivity contribution in [2.45, 2.75) is 25.8 Å². The molecule has 18 heavy (non-hydrogen) atoms. The van der Waals surface area contributed by atoms with Gasteiger partial charge in [0.1, 0.15) is 11.4 Å². The van der Waals surface area contributed by atoms with Gasteiger partial charge in [-0.05, 0) is 37.8 Å². The Bertz CT molecular complexity index is 458. The monoisotopic (exact) mass is 249 g/mol. The van der Waals surface area contributed by atoms with Gasteiger partial charge >= 0.3 is 5.69 Å². The van der Waals surface area contributed by atoms with Crippen LogP contribution in [-0.4, -0.2) is 25.1 Å². The lowest BCUT2D eigenvalue weighted by atomic mass is 10.1. The number of nitro groups is 1. The van der Waals surface area contributed by atoms with E-state index in [4.69, 9.17) is 0 Å². The number of nitro benzene ring substituents is 1. The summed E-state index contributed by atoms with van der Waals surface area (Å²) in [7, 11) is 3.64. The third kappa shape index (κ3) is 2.25. The second-order valence-corrected chi connectivity index (χ2v) is 4.87. The molecule has 5 heteroatoms. The molecule has 5 nitrogen and oxygen atoms in total. The molecule has 0 heterocycles. The molecule has 0 bridgehead atoms. The normalized spacial score (nSPS) is 16.2. The fraction of sp³-hybridized carbons (Fsp3) is 0.538. The fourth-order valence-electron chi connectivity index (χ4n) is 2.32. The third-order valence-corrected chi connectivity index (χ3v) is 3.76. The van der Waals surface area contributed by atoms with E-state index in [9.17, 15) is 10.1 Å². The molecule has 0 aliphatic heterocycles. The number of nitrogens with zero attached hydrogens (tertiary/aromatic N) is 2. The molecule has 0 radical (unpaired) electrons. The summed E-state index contributed by atoms with van der Waals surface area (Å²) in [5, 5.41) is 14.1. The van der Waals surface area contributed by atoms with Gasteiger partial charge in [0.2, 0.25) is 0 Å². The van der Waals surface area contributed by atoms with Crippen LogP contribution in [0, 0.1) is 16.0 Å². The smallest absolute Gasteiger partial charge is 0.315 e. The molecule has 0 amide bonds. The molecule has 1 fully saturated rings. The lowest BCUT2D eigenvalue weighted by molar-refractivity contribution is -0.383. The van der Waals surface area contributed by atoms with Crippen LogP contribution in [0.2, 0.25) is 0 Å². The van der Waals surface area contributed by atoms with Crippen LogP contribution in [0.4, 0.5) is 17.1 Å². The number of rotatable bonds is 5. The maximum Gasteiger partial charge on any atom is 0.315 e. The Morgan fingerprint density at radius 1 is 1.50 bits per heavy atom. The van der Waals surface area contributed by atoms with Crippen LogP contribution >= 0.6 is 0 Å². The van der Waals surface area contributed by atoms with Crippen LogP contribution in [0.1, 0.15) is 19.8 Å². The van der Waals surface area contributed by atoms with E-state index >= 15 is 0 Å². The van der Waals surface area contributed by atoms with Crippen molar-refractivity contribution in [1.82, 2.24) is 0 Å². The summed E-state index contributed by atoms with van der Waals surface area (Å²) in [5.74, 6) is 0.674. The highest BCUT2D eigenvalue weighted by Crippen LogP contribution is 2.40. The molecule has 1 aliphatic carbocycles. The zero-order valence-electron chi connectivity index (χ0n) is 11.0. The van der Waals surface area contributed by atoms with Crippen LogP contribution in [0.25, 0.3) is 0 Å². The molecule has 1 aromatic rings. The Balaban J connectivity index is 2.39. The van der Waals surface area contributed by atoms with E-state index < -0.39 is 0 Å². The topological polar surface area (TPSA) is 58.4 Å². The van der Waals surface area contributed by atoms with E-state index in [0.29, 0.717) is 23.3 Å². The average Bonchev–Trinajstić information content (AvgIpc) is 3.20. The lowest BCUT2D eigenvalue weighted by Gasteiger charge is -2.27. The van der Waals surface area contributed by atoms with E-state index in [1.165, 1.54) is 12.8 Å². The number of hydrogen-bond acceptors (Lipinski definition) is 4. The third-order valence-electron chi connectivity index (χ3n) is 3.76. The van der Waals surface area contributed by atoms with Gasteiger partial charge in [0, 0.05) is 20.1 Å². The largest absolute Gasteiger partial charge is 0.382 e.